The van der Waals surface area contributed by atoms with Gasteiger partial charge in [-0.05, 0) is 43.6 Å². The zero-order valence-corrected chi connectivity index (χ0v) is 13.9. The number of benzene rings is 1. The fourth-order valence-corrected chi connectivity index (χ4v) is 3.29. The Labute approximate surface area is 138 Å². The van der Waals surface area contributed by atoms with Crippen molar-refractivity contribution in [1.82, 2.24) is 15.5 Å². The predicted octanol–water partition coefficient (Wildman–Crippen LogP) is 2.40. The van der Waals surface area contributed by atoms with Crippen LogP contribution in [-0.4, -0.2) is 42.2 Å². The van der Waals surface area contributed by atoms with Crippen molar-refractivity contribution in [1.29, 1.82) is 0 Å². The van der Waals surface area contributed by atoms with Crippen LogP contribution in [0.2, 0.25) is 0 Å². The van der Waals surface area contributed by atoms with Gasteiger partial charge >= 0.3 is 0 Å². The second-order valence-electron chi connectivity index (χ2n) is 6.00. The number of hydrogen-bond donors (Lipinski definition) is 3. The molecule has 0 aromatic heterocycles. The first-order valence-corrected chi connectivity index (χ1v) is 8.46. The van der Waals surface area contributed by atoms with Crippen LogP contribution in [0.4, 0.5) is 5.69 Å². The molecule has 3 rings (SSSR count). The zero-order valence-electron chi connectivity index (χ0n) is 13.1. The van der Waals surface area contributed by atoms with Gasteiger partial charge in [-0.3, -0.25) is 0 Å². The van der Waals surface area contributed by atoms with Gasteiger partial charge in [0.15, 0.2) is 5.11 Å². The minimum atomic E-state index is 0.490. The molecule has 0 amide bonds. The smallest absolute Gasteiger partial charge is 0.173 e. The highest BCUT2D eigenvalue weighted by Crippen LogP contribution is 2.29. The Kier molecular flexibility index (Phi) is 4.95. The molecule has 2 aliphatic rings. The third kappa shape index (κ3) is 3.59. The topological polar surface area (TPSA) is 39.3 Å². The van der Waals surface area contributed by atoms with E-state index < -0.39 is 0 Å². The fourth-order valence-electron chi connectivity index (χ4n) is 3.06. The summed E-state index contributed by atoms with van der Waals surface area (Å²) in [4.78, 5) is 2.24. The van der Waals surface area contributed by atoms with Crippen molar-refractivity contribution < 1.29 is 0 Å². The number of fused-ring (bicyclic) bond motifs is 1. The van der Waals surface area contributed by atoms with Gasteiger partial charge in [0.05, 0.1) is 0 Å². The maximum Gasteiger partial charge on any atom is 0.173 e. The van der Waals surface area contributed by atoms with Gasteiger partial charge in [0.2, 0.25) is 0 Å². The van der Waals surface area contributed by atoms with Crippen molar-refractivity contribution >= 4 is 28.6 Å². The molecule has 1 unspecified atom stereocenters. The summed E-state index contributed by atoms with van der Waals surface area (Å²) in [6, 6.07) is 8.98. The van der Waals surface area contributed by atoms with Gasteiger partial charge in [-0.2, -0.15) is 0 Å². The first-order chi connectivity index (χ1) is 10.7. The van der Waals surface area contributed by atoms with Crippen LogP contribution in [0.25, 0.3) is 5.57 Å². The van der Waals surface area contributed by atoms with Crippen molar-refractivity contribution in [3.63, 3.8) is 0 Å². The van der Waals surface area contributed by atoms with Crippen molar-refractivity contribution in [2.45, 2.75) is 25.8 Å². The predicted molar refractivity (Wildman–Crippen MR) is 96.9 cm³/mol. The monoisotopic (exact) mass is 316 g/mol. The van der Waals surface area contributed by atoms with E-state index >= 15 is 0 Å². The molecule has 118 valence electrons. The highest BCUT2D eigenvalue weighted by molar-refractivity contribution is 7.80. The van der Waals surface area contributed by atoms with E-state index in [2.05, 4.69) is 58.2 Å². The lowest BCUT2D eigenvalue weighted by Gasteiger charge is -2.33. The van der Waals surface area contributed by atoms with E-state index in [9.17, 15) is 0 Å². The molecule has 0 spiro atoms. The average molecular weight is 316 g/mol. The molecule has 0 radical (unpaired) electrons. The minimum absolute atomic E-state index is 0.490. The van der Waals surface area contributed by atoms with Crippen LogP contribution in [-0.2, 0) is 0 Å². The summed E-state index contributed by atoms with van der Waals surface area (Å²) in [5.41, 5.74) is 3.82. The van der Waals surface area contributed by atoms with Crippen molar-refractivity contribution in [2.24, 2.45) is 0 Å². The van der Waals surface area contributed by atoms with Crippen LogP contribution >= 0.6 is 12.2 Å². The van der Waals surface area contributed by atoms with Gasteiger partial charge < -0.3 is 20.9 Å². The molecular weight excluding hydrogens is 292 g/mol. The quantitative estimate of drug-likeness (QED) is 0.694. The maximum absolute atomic E-state index is 5.55. The molecule has 1 aromatic carbocycles. The van der Waals surface area contributed by atoms with Crippen LogP contribution in [0.5, 0.6) is 0 Å². The number of nitrogens with one attached hydrogen (secondary N) is 3. The lowest BCUT2D eigenvalue weighted by Crippen LogP contribution is -2.53. The second kappa shape index (κ2) is 7.11. The van der Waals surface area contributed by atoms with Crippen LogP contribution < -0.4 is 16.0 Å². The Morgan fingerprint density at radius 3 is 3.09 bits per heavy atom. The summed E-state index contributed by atoms with van der Waals surface area (Å²) in [6.45, 7) is 6.14. The van der Waals surface area contributed by atoms with Crippen LogP contribution in [0, 0.1) is 0 Å². The van der Waals surface area contributed by atoms with Gasteiger partial charge in [-0.15, -0.1) is 0 Å². The Hall–Kier alpha value is -1.59. The summed E-state index contributed by atoms with van der Waals surface area (Å²) in [5.74, 6) is 0. The van der Waals surface area contributed by atoms with Crippen LogP contribution in [0.1, 0.15) is 25.3 Å². The summed E-state index contributed by atoms with van der Waals surface area (Å²) in [5, 5.41) is 11.1. The van der Waals surface area contributed by atoms with Gasteiger partial charge in [0, 0.05) is 49.7 Å². The van der Waals surface area contributed by atoms with Crippen molar-refractivity contribution in [2.75, 3.05) is 31.5 Å². The summed E-state index contributed by atoms with van der Waals surface area (Å²) >= 11 is 5.55. The first kappa shape index (κ1) is 15.3. The fraction of sp³-hybridized carbons (Fsp3) is 0.471. The molecule has 1 atom stereocenters. The summed E-state index contributed by atoms with van der Waals surface area (Å²) < 4.78 is 0. The summed E-state index contributed by atoms with van der Waals surface area (Å²) in [6.07, 6.45) is 4.30. The minimum Gasteiger partial charge on any atom is -0.385 e. The number of piperazine rings is 1. The number of anilines is 1. The second-order valence-corrected chi connectivity index (χ2v) is 6.38. The lowest BCUT2D eigenvalue weighted by atomic mass is 10.0. The first-order valence-electron chi connectivity index (χ1n) is 8.05. The average Bonchev–Trinajstić information content (AvgIpc) is 2.75. The van der Waals surface area contributed by atoms with Gasteiger partial charge in [-0.25, -0.2) is 0 Å². The SMILES string of the molecule is CC1CN(C(=S)N/C=C2/CCCNc3ccccc32)CCN1. The molecule has 0 saturated carbocycles. The Balaban J connectivity index is 1.70. The number of rotatable bonds is 1. The lowest BCUT2D eigenvalue weighted by molar-refractivity contribution is 0.302. The highest BCUT2D eigenvalue weighted by atomic mass is 32.1. The molecule has 4 nitrogen and oxygen atoms in total. The Morgan fingerprint density at radius 1 is 1.36 bits per heavy atom. The number of para-hydroxylation sites is 1. The molecule has 0 bridgehead atoms. The van der Waals surface area contributed by atoms with E-state index in [1.54, 1.807) is 0 Å². The van der Waals surface area contributed by atoms with E-state index in [-0.39, 0.29) is 0 Å². The van der Waals surface area contributed by atoms with Gasteiger partial charge in [0.1, 0.15) is 0 Å². The molecule has 2 aliphatic heterocycles. The number of allylic oxidation sites excluding steroid dienone is 1. The van der Waals surface area contributed by atoms with Crippen molar-refractivity contribution in [3.8, 4) is 0 Å². The van der Waals surface area contributed by atoms with E-state index in [4.69, 9.17) is 12.2 Å². The van der Waals surface area contributed by atoms with E-state index in [0.29, 0.717) is 6.04 Å². The highest BCUT2D eigenvalue weighted by Gasteiger charge is 2.17. The third-order valence-corrected chi connectivity index (χ3v) is 4.61. The maximum atomic E-state index is 5.55. The molecule has 3 N–H and O–H groups in total. The Bertz CT molecular complexity index is 570. The number of hydrogen-bond acceptors (Lipinski definition) is 3. The normalized spacial score (nSPS) is 23.4. The van der Waals surface area contributed by atoms with Crippen LogP contribution in [0.3, 0.4) is 0 Å². The molecule has 1 fully saturated rings. The Morgan fingerprint density at radius 2 is 2.23 bits per heavy atom. The van der Waals surface area contributed by atoms with E-state index in [1.165, 1.54) is 16.8 Å². The summed E-state index contributed by atoms with van der Waals surface area (Å²) in [7, 11) is 0. The molecule has 1 aromatic rings. The van der Waals surface area contributed by atoms with E-state index in [0.717, 1.165) is 44.1 Å². The molecule has 22 heavy (non-hydrogen) atoms. The molecule has 2 heterocycles. The van der Waals surface area contributed by atoms with Gasteiger partial charge in [0.25, 0.3) is 0 Å². The third-order valence-electron chi connectivity index (χ3n) is 4.24. The van der Waals surface area contributed by atoms with Crippen LogP contribution in [0.15, 0.2) is 30.5 Å². The van der Waals surface area contributed by atoms with Crippen molar-refractivity contribution in [3.05, 3.63) is 36.0 Å². The molecular formula is C17H24N4S. The standard InChI is InChI=1S/C17H24N4S/c1-13-12-21(10-9-18-13)17(22)20-11-14-5-4-8-19-16-7-3-2-6-15(14)16/h2-3,6-7,11,13,18-19H,4-5,8-10,12H2,1H3,(H,20,22)/b14-11-. The molecule has 5 heteroatoms. The number of thiocarbonyl (C=S) groups is 1. The zero-order chi connectivity index (χ0) is 15.4. The number of nitrogens with zero attached hydrogens (tertiary/aromatic N) is 1. The van der Waals surface area contributed by atoms with E-state index in [1.807, 2.05) is 0 Å². The van der Waals surface area contributed by atoms with Gasteiger partial charge in [-0.1, -0.05) is 18.2 Å². The molecule has 1 saturated heterocycles. The largest absolute Gasteiger partial charge is 0.385 e. The molecule has 0 aliphatic carbocycles.